The molecule has 0 spiro atoms. The van der Waals surface area contributed by atoms with E-state index in [0.29, 0.717) is 0 Å². The van der Waals surface area contributed by atoms with Gasteiger partial charge in [0, 0.05) is 16.0 Å². The zero-order chi connectivity index (χ0) is 23.1. The molecule has 3 aromatic rings. The maximum atomic E-state index is 5.76. The minimum Gasteiger partial charge on any atom is -0.494 e. The lowest BCUT2D eigenvalue weighted by atomic mass is 10.2. The zero-order valence-electron chi connectivity index (χ0n) is 19.7. The Morgan fingerprint density at radius 2 is 1.24 bits per heavy atom. The van der Waals surface area contributed by atoms with Gasteiger partial charge < -0.3 is 4.74 Å². The Morgan fingerprint density at radius 3 is 1.85 bits per heavy atom. The topological polar surface area (TPSA) is 9.23 Å². The highest BCUT2D eigenvalue weighted by Gasteiger charge is 1.97. The number of hydrogen-bond acceptors (Lipinski definition) is 3. The number of rotatable bonds is 10. The predicted octanol–water partition coefficient (Wildman–Crippen LogP) is 8.40. The normalized spacial score (nSPS) is 10.1. The molecule has 3 heteroatoms. The van der Waals surface area contributed by atoms with E-state index in [1.54, 1.807) is 11.3 Å². The molecular weight excluding hydrogens is 440 g/mol. The van der Waals surface area contributed by atoms with Gasteiger partial charge >= 0.3 is 0 Å². The van der Waals surface area contributed by atoms with E-state index in [0.717, 1.165) is 39.7 Å². The van der Waals surface area contributed by atoms with Crippen LogP contribution in [0.4, 0.5) is 0 Å². The lowest BCUT2D eigenvalue weighted by Gasteiger charge is -2.05. The zero-order valence-corrected chi connectivity index (χ0v) is 21.3. The second-order valence-electron chi connectivity index (χ2n) is 7.82. The number of benzene rings is 2. The number of thioether (sulfide) groups is 1. The summed E-state index contributed by atoms with van der Waals surface area (Å²) in [6.07, 6.45) is 7.38. The second kappa shape index (κ2) is 14.5. The molecule has 33 heavy (non-hydrogen) atoms. The van der Waals surface area contributed by atoms with Crippen molar-refractivity contribution < 1.29 is 4.74 Å². The van der Waals surface area contributed by atoms with Crippen molar-refractivity contribution in [3.05, 3.63) is 81.5 Å². The smallest absolute Gasteiger partial charge is 0.119 e. The fourth-order valence-corrected chi connectivity index (χ4v) is 4.72. The van der Waals surface area contributed by atoms with Crippen molar-refractivity contribution >= 4 is 23.1 Å². The van der Waals surface area contributed by atoms with E-state index in [4.69, 9.17) is 4.74 Å². The summed E-state index contributed by atoms with van der Waals surface area (Å²) in [5.41, 5.74) is 2.04. The van der Waals surface area contributed by atoms with Crippen LogP contribution in [0.2, 0.25) is 0 Å². The Hall–Kier alpha value is -2.59. The van der Waals surface area contributed by atoms with Gasteiger partial charge in [-0.15, -0.1) is 23.1 Å². The Balaban J connectivity index is 1.51. The van der Waals surface area contributed by atoms with E-state index in [1.807, 2.05) is 48.2 Å². The molecular formula is C30H32OS2. The number of hydrogen-bond donors (Lipinski definition) is 0. The van der Waals surface area contributed by atoms with Crippen molar-refractivity contribution in [2.24, 2.45) is 0 Å². The summed E-state index contributed by atoms with van der Waals surface area (Å²) >= 11 is 3.56. The van der Waals surface area contributed by atoms with Gasteiger partial charge in [-0.2, -0.15) is 0 Å². The van der Waals surface area contributed by atoms with E-state index >= 15 is 0 Å². The van der Waals surface area contributed by atoms with E-state index in [9.17, 15) is 0 Å². The van der Waals surface area contributed by atoms with Crippen LogP contribution in [0.5, 0.6) is 5.75 Å². The maximum absolute atomic E-state index is 5.76. The van der Waals surface area contributed by atoms with Crippen LogP contribution in [0, 0.1) is 23.7 Å². The first-order valence-electron chi connectivity index (χ1n) is 11.9. The Morgan fingerprint density at radius 1 is 0.667 bits per heavy atom. The lowest BCUT2D eigenvalue weighted by Crippen LogP contribution is -1.96. The fourth-order valence-electron chi connectivity index (χ4n) is 3.09. The minimum atomic E-state index is 0.778. The summed E-state index contributed by atoms with van der Waals surface area (Å²) in [6.45, 7) is 5.22. The molecule has 1 nitrogen and oxygen atoms in total. The third kappa shape index (κ3) is 9.43. The Bertz CT molecular complexity index is 998. The highest BCUT2D eigenvalue weighted by Crippen LogP contribution is 2.20. The summed E-state index contributed by atoms with van der Waals surface area (Å²) in [4.78, 5) is 3.38. The third-order valence-electron chi connectivity index (χ3n) is 5.01. The number of ether oxygens (including phenoxy) is 1. The van der Waals surface area contributed by atoms with Crippen LogP contribution >= 0.6 is 23.1 Å². The van der Waals surface area contributed by atoms with Crippen molar-refractivity contribution in [2.75, 3.05) is 12.4 Å². The molecule has 0 unspecified atom stereocenters. The molecule has 1 aromatic heterocycles. The summed E-state index contributed by atoms with van der Waals surface area (Å²) < 4.78 is 5.76. The largest absolute Gasteiger partial charge is 0.494 e. The van der Waals surface area contributed by atoms with Gasteiger partial charge in [0.05, 0.1) is 16.4 Å². The Labute approximate surface area is 208 Å². The van der Waals surface area contributed by atoms with Gasteiger partial charge in [-0.25, -0.2) is 0 Å². The van der Waals surface area contributed by atoms with Gasteiger partial charge in [-0.05, 0) is 79.3 Å². The van der Waals surface area contributed by atoms with Gasteiger partial charge in [0.2, 0.25) is 0 Å². The number of unbranched alkanes of at least 4 members (excludes halogenated alkanes) is 4. The van der Waals surface area contributed by atoms with E-state index in [1.165, 1.54) is 42.8 Å². The van der Waals surface area contributed by atoms with Crippen LogP contribution in [0.15, 0.2) is 65.6 Å². The molecule has 0 saturated heterocycles. The highest BCUT2D eigenvalue weighted by atomic mass is 32.2. The summed E-state index contributed by atoms with van der Waals surface area (Å²) in [5, 5.41) is 0. The van der Waals surface area contributed by atoms with Gasteiger partial charge in [-0.3, -0.25) is 0 Å². The SMILES string of the molecule is CCCCCOc1ccc(C#Cc2ccc(C#Cc3ccc(SCCCCC)cc3)s2)cc1. The monoisotopic (exact) mass is 472 g/mol. The standard InChI is InChI=1S/C30H32OS2/c1-3-5-7-23-31-27-15-9-25(10-16-27)13-19-29-21-22-30(33-29)20-14-26-11-17-28(18-12-26)32-24-8-6-4-2/h9-12,15-18,21-22H,3-8,23-24H2,1-2H3. The maximum Gasteiger partial charge on any atom is 0.119 e. The van der Waals surface area contributed by atoms with E-state index in [2.05, 4.69) is 61.8 Å². The first kappa shape index (κ1) is 25.0. The molecule has 0 aliphatic heterocycles. The fraction of sp³-hybridized carbons (Fsp3) is 0.333. The van der Waals surface area contributed by atoms with E-state index in [-0.39, 0.29) is 0 Å². The van der Waals surface area contributed by atoms with Crippen LogP contribution in [0.1, 0.15) is 73.3 Å². The molecule has 0 fully saturated rings. The average Bonchev–Trinajstić information content (AvgIpc) is 3.31. The molecule has 2 aromatic carbocycles. The van der Waals surface area contributed by atoms with Gasteiger partial charge in [0.25, 0.3) is 0 Å². The Kier molecular flexibility index (Phi) is 11.0. The first-order valence-corrected chi connectivity index (χ1v) is 13.7. The molecule has 0 N–H and O–H groups in total. The van der Waals surface area contributed by atoms with Crippen molar-refractivity contribution in [3.8, 4) is 29.4 Å². The van der Waals surface area contributed by atoms with Crippen LogP contribution < -0.4 is 4.74 Å². The molecule has 0 bridgehead atoms. The quantitative estimate of drug-likeness (QED) is 0.166. The van der Waals surface area contributed by atoms with Crippen molar-refractivity contribution in [1.82, 2.24) is 0 Å². The van der Waals surface area contributed by atoms with Crippen molar-refractivity contribution in [3.63, 3.8) is 0 Å². The van der Waals surface area contributed by atoms with Crippen molar-refractivity contribution in [2.45, 2.75) is 57.3 Å². The summed E-state index contributed by atoms with van der Waals surface area (Å²) in [5.74, 6) is 15.1. The van der Waals surface area contributed by atoms with Crippen molar-refractivity contribution in [1.29, 1.82) is 0 Å². The molecule has 0 saturated carbocycles. The van der Waals surface area contributed by atoms with E-state index < -0.39 is 0 Å². The van der Waals surface area contributed by atoms with Crippen LogP contribution in [-0.4, -0.2) is 12.4 Å². The van der Waals surface area contributed by atoms with Crippen LogP contribution in [0.25, 0.3) is 0 Å². The van der Waals surface area contributed by atoms with Gasteiger partial charge in [0.1, 0.15) is 5.75 Å². The molecule has 3 rings (SSSR count). The molecule has 0 aliphatic rings. The lowest BCUT2D eigenvalue weighted by molar-refractivity contribution is 0.306. The second-order valence-corrected chi connectivity index (χ2v) is 10.1. The summed E-state index contributed by atoms with van der Waals surface area (Å²) in [7, 11) is 0. The van der Waals surface area contributed by atoms with Crippen LogP contribution in [-0.2, 0) is 0 Å². The molecule has 1 heterocycles. The third-order valence-corrected chi connectivity index (χ3v) is 7.02. The first-order chi connectivity index (χ1) is 16.3. The molecule has 170 valence electrons. The summed E-state index contributed by atoms with van der Waals surface area (Å²) in [6, 6.07) is 20.7. The van der Waals surface area contributed by atoms with Gasteiger partial charge in [0.15, 0.2) is 0 Å². The predicted molar refractivity (Wildman–Crippen MR) is 144 cm³/mol. The average molecular weight is 473 g/mol. The van der Waals surface area contributed by atoms with Crippen LogP contribution in [0.3, 0.4) is 0 Å². The molecule has 0 aliphatic carbocycles. The number of thiophene rings is 1. The van der Waals surface area contributed by atoms with Gasteiger partial charge in [-0.1, -0.05) is 63.2 Å². The molecule has 0 amide bonds. The molecule has 0 atom stereocenters. The minimum absolute atomic E-state index is 0.778. The highest BCUT2D eigenvalue weighted by molar-refractivity contribution is 7.99. The molecule has 0 radical (unpaired) electrons.